The smallest absolute Gasteiger partial charge is 0.315 e. The molecular weight excluding hydrogens is 196 g/mol. The molecule has 2 aliphatic rings. The van der Waals surface area contributed by atoms with Gasteiger partial charge in [0.2, 0.25) is 0 Å². The van der Waals surface area contributed by atoms with E-state index in [1.807, 2.05) is 0 Å². The third-order valence-corrected chi connectivity index (χ3v) is 3.81. The van der Waals surface area contributed by atoms with Gasteiger partial charge in [0.25, 0.3) is 5.56 Å². The first-order valence-electron chi connectivity index (χ1n) is 5.13. The molecule has 1 aromatic heterocycles. The normalized spacial score (nSPS) is 37.6. The van der Waals surface area contributed by atoms with Crippen molar-refractivity contribution >= 4 is 5.97 Å². The Labute approximate surface area is 85.5 Å². The third-order valence-electron chi connectivity index (χ3n) is 3.81. The first-order valence-corrected chi connectivity index (χ1v) is 5.13. The zero-order valence-electron chi connectivity index (χ0n) is 8.12. The predicted molar refractivity (Wildman–Crippen MR) is 51.6 cm³/mol. The van der Waals surface area contributed by atoms with Crippen molar-refractivity contribution in [2.24, 2.45) is 11.8 Å². The Morgan fingerprint density at radius 2 is 2.07 bits per heavy atom. The fourth-order valence-electron chi connectivity index (χ4n) is 2.89. The van der Waals surface area contributed by atoms with Crippen LogP contribution in [0.2, 0.25) is 0 Å². The van der Waals surface area contributed by atoms with Gasteiger partial charge in [-0.3, -0.25) is 14.7 Å². The van der Waals surface area contributed by atoms with E-state index in [1.165, 1.54) is 6.07 Å². The highest BCUT2D eigenvalue weighted by molar-refractivity contribution is 5.81. The zero-order chi connectivity index (χ0) is 10.6. The lowest BCUT2D eigenvalue weighted by Crippen LogP contribution is -2.34. The molecule has 80 valence electrons. The van der Waals surface area contributed by atoms with Gasteiger partial charge in [-0.05, 0) is 31.1 Å². The molecule has 0 radical (unpaired) electrons. The average Bonchev–Trinajstić information content (AvgIpc) is 2.65. The van der Waals surface area contributed by atoms with Gasteiger partial charge in [-0.15, -0.1) is 0 Å². The van der Waals surface area contributed by atoms with Crippen molar-refractivity contribution in [2.45, 2.75) is 24.7 Å². The number of carboxylic acid groups (broad SMARTS) is 1. The number of carboxylic acids is 1. The summed E-state index contributed by atoms with van der Waals surface area (Å²) in [6.07, 6.45) is 2.49. The molecule has 15 heavy (non-hydrogen) atoms. The highest BCUT2D eigenvalue weighted by atomic mass is 16.4. The number of aromatic nitrogens is 2. The van der Waals surface area contributed by atoms with E-state index in [4.69, 9.17) is 0 Å². The summed E-state index contributed by atoms with van der Waals surface area (Å²) in [7, 11) is 0. The van der Waals surface area contributed by atoms with Gasteiger partial charge in [0.1, 0.15) is 5.41 Å². The van der Waals surface area contributed by atoms with E-state index < -0.39 is 11.4 Å². The molecule has 3 rings (SSSR count). The summed E-state index contributed by atoms with van der Waals surface area (Å²) in [4.78, 5) is 22.4. The fourth-order valence-corrected chi connectivity index (χ4v) is 2.89. The van der Waals surface area contributed by atoms with Gasteiger partial charge in [0.15, 0.2) is 0 Å². The lowest BCUT2D eigenvalue weighted by Gasteiger charge is -2.23. The van der Waals surface area contributed by atoms with E-state index in [9.17, 15) is 14.7 Å². The molecule has 0 aromatic carbocycles. The molecule has 0 aliphatic heterocycles. The van der Waals surface area contributed by atoms with Gasteiger partial charge in [0, 0.05) is 6.07 Å². The van der Waals surface area contributed by atoms with E-state index >= 15 is 0 Å². The number of hydrogen-bond donors (Lipinski definition) is 3. The molecule has 0 bridgehead atoms. The van der Waals surface area contributed by atoms with Gasteiger partial charge in [-0.25, -0.2) is 0 Å². The molecule has 0 amide bonds. The van der Waals surface area contributed by atoms with E-state index in [2.05, 4.69) is 10.2 Å². The summed E-state index contributed by atoms with van der Waals surface area (Å²) < 4.78 is 0. The van der Waals surface area contributed by atoms with Crippen LogP contribution in [0, 0.1) is 11.8 Å². The molecule has 1 heterocycles. The summed E-state index contributed by atoms with van der Waals surface area (Å²) in [6, 6.07) is 1.37. The lowest BCUT2D eigenvalue weighted by molar-refractivity contribution is -0.144. The van der Waals surface area contributed by atoms with Crippen molar-refractivity contribution in [3.8, 4) is 0 Å². The Balaban J connectivity index is 2.04. The van der Waals surface area contributed by atoms with Crippen molar-refractivity contribution in [3.05, 3.63) is 22.1 Å². The Kier molecular flexibility index (Phi) is 1.48. The van der Waals surface area contributed by atoms with Crippen LogP contribution < -0.4 is 5.56 Å². The van der Waals surface area contributed by atoms with E-state index in [0.29, 0.717) is 30.4 Å². The van der Waals surface area contributed by atoms with Crippen LogP contribution in [0.3, 0.4) is 0 Å². The number of H-pyrrole nitrogens is 2. The van der Waals surface area contributed by atoms with Crippen molar-refractivity contribution in [1.29, 1.82) is 0 Å². The monoisotopic (exact) mass is 208 g/mol. The number of aromatic amines is 2. The fraction of sp³-hybridized carbons (Fsp3) is 0.600. The molecule has 5 nitrogen and oxygen atoms in total. The number of carbonyl (C=O) groups is 1. The summed E-state index contributed by atoms with van der Waals surface area (Å²) in [6.45, 7) is 0. The van der Waals surface area contributed by atoms with Crippen LogP contribution in [0.5, 0.6) is 0 Å². The summed E-state index contributed by atoms with van der Waals surface area (Å²) in [5.74, 6) is 0.295. The van der Waals surface area contributed by atoms with Crippen LogP contribution in [-0.4, -0.2) is 21.3 Å². The molecular formula is C10H12N2O3. The van der Waals surface area contributed by atoms with Gasteiger partial charge < -0.3 is 10.2 Å². The SMILES string of the molecule is O=C(O)C1(c2cc(=O)[nH][nH]2)CC2CC2C1. The van der Waals surface area contributed by atoms with Gasteiger partial charge in [0.05, 0.1) is 5.69 Å². The molecule has 0 spiro atoms. The standard InChI is InChI=1S/C10H12N2O3/c13-8-2-7(11-12-8)10(9(14)15)3-5-1-6(5)4-10/h2,5-6H,1,3-4H2,(H,14,15)(H2,11,12,13). The van der Waals surface area contributed by atoms with Crippen LogP contribution in [0.1, 0.15) is 25.0 Å². The maximum atomic E-state index is 11.4. The van der Waals surface area contributed by atoms with E-state index in [0.717, 1.165) is 6.42 Å². The van der Waals surface area contributed by atoms with Gasteiger partial charge >= 0.3 is 5.97 Å². The second-order valence-corrected chi connectivity index (χ2v) is 4.72. The zero-order valence-corrected chi connectivity index (χ0v) is 8.12. The number of fused-ring (bicyclic) bond motifs is 1. The summed E-state index contributed by atoms with van der Waals surface area (Å²) >= 11 is 0. The maximum absolute atomic E-state index is 11.4. The van der Waals surface area contributed by atoms with E-state index in [1.54, 1.807) is 0 Å². The third kappa shape index (κ3) is 1.09. The Bertz CT molecular complexity index is 463. The number of aliphatic carboxylic acids is 1. The average molecular weight is 208 g/mol. The van der Waals surface area contributed by atoms with Crippen molar-refractivity contribution in [3.63, 3.8) is 0 Å². The molecule has 2 unspecified atom stereocenters. The Morgan fingerprint density at radius 3 is 2.53 bits per heavy atom. The highest BCUT2D eigenvalue weighted by Crippen LogP contribution is 2.60. The number of nitrogens with one attached hydrogen (secondary N) is 2. The second kappa shape index (κ2) is 2.53. The van der Waals surface area contributed by atoms with Crippen molar-refractivity contribution in [2.75, 3.05) is 0 Å². The molecule has 2 atom stereocenters. The minimum absolute atomic E-state index is 0.258. The van der Waals surface area contributed by atoms with Crippen LogP contribution in [0.25, 0.3) is 0 Å². The topological polar surface area (TPSA) is 85.9 Å². The first kappa shape index (κ1) is 8.76. The van der Waals surface area contributed by atoms with Crippen molar-refractivity contribution in [1.82, 2.24) is 10.2 Å². The Morgan fingerprint density at radius 1 is 1.40 bits per heavy atom. The largest absolute Gasteiger partial charge is 0.481 e. The van der Waals surface area contributed by atoms with Gasteiger partial charge in [-0.1, -0.05) is 0 Å². The molecule has 0 saturated heterocycles. The molecule has 5 heteroatoms. The number of rotatable bonds is 2. The second-order valence-electron chi connectivity index (χ2n) is 4.72. The Hall–Kier alpha value is -1.52. The molecule has 2 aliphatic carbocycles. The lowest BCUT2D eigenvalue weighted by atomic mass is 9.80. The molecule has 3 N–H and O–H groups in total. The van der Waals surface area contributed by atoms with Crippen LogP contribution in [-0.2, 0) is 10.2 Å². The first-order chi connectivity index (χ1) is 7.12. The van der Waals surface area contributed by atoms with Crippen LogP contribution in [0.15, 0.2) is 10.9 Å². The van der Waals surface area contributed by atoms with Gasteiger partial charge in [-0.2, -0.15) is 0 Å². The predicted octanol–water partition coefficient (Wildman–Crippen LogP) is 0.455. The quantitative estimate of drug-likeness (QED) is 0.659. The minimum Gasteiger partial charge on any atom is -0.481 e. The number of hydrogen-bond acceptors (Lipinski definition) is 2. The van der Waals surface area contributed by atoms with Crippen molar-refractivity contribution < 1.29 is 9.90 Å². The molecule has 2 fully saturated rings. The van der Waals surface area contributed by atoms with Crippen LogP contribution >= 0.6 is 0 Å². The minimum atomic E-state index is -0.841. The molecule has 1 aromatic rings. The summed E-state index contributed by atoms with van der Waals surface area (Å²) in [5, 5.41) is 14.4. The van der Waals surface area contributed by atoms with E-state index in [-0.39, 0.29) is 5.56 Å². The maximum Gasteiger partial charge on any atom is 0.315 e. The summed E-state index contributed by atoms with van der Waals surface area (Å²) in [5.41, 5.74) is -0.564. The van der Waals surface area contributed by atoms with Crippen LogP contribution in [0.4, 0.5) is 0 Å². The molecule has 2 saturated carbocycles. The highest BCUT2D eigenvalue weighted by Gasteiger charge is 2.59.